The van der Waals surface area contributed by atoms with Gasteiger partial charge in [0, 0.05) is 5.75 Å². The van der Waals surface area contributed by atoms with Crippen molar-refractivity contribution in [2.75, 3.05) is 11.1 Å². The van der Waals surface area contributed by atoms with E-state index in [4.69, 9.17) is 4.74 Å². The molecule has 1 N–H and O–H groups in total. The maximum atomic E-state index is 13.5. The molecule has 2 aromatic carbocycles. The number of hydrogen-bond donors (Lipinski definition) is 1. The molecule has 1 atom stereocenters. The average molecular weight is 379 g/mol. The molecule has 2 rings (SSSR count). The van der Waals surface area contributed by atoms with E-state index in [0.717, 1.165) is 23.3 Å². The van der Waals surface area contributed by atoms with Gasteiger partial charge in [-0.1, -0.05) is 35.9 Å². The van der Waals surface area contributed by atoms with E-state index in [1.165, 1.54) is 24.8 Å². The third-order valence-corrected chi connectivity index (χ3v) is 4.47. The molecule has 7 heteroatoms. The van der Waals surface area contributed by atoms with Gasteiger partial charge in [-0.15, -0.1) is 11.8 Å². The van der Waals surface area contributed by atoms with Gasteiger partial charge in [0.05, 0.1) is 5.75 Å². The molecule has 0 aromatic heterocycles. The number of rotatable bonds is 7. The van der Waals surface area contributed by atoms with Gasteiger partial charge < -0.3 is 10.1 Å². The summed E-state index contributed by atoms with van der Waals surface area (Å²) in [5.74, 6) is -2.46. The molecule has 26 heavy (non-hydrogen) atoms. The minimum absolute atomic E-state index is 0.0690. The first-order chi connectivity index (χ1) is 12.4. The number of nitrogens with one attached hydrogen (secondary N) is 1. The summed E-state index contributed by atoms with van der Waals surface area (Å²) in [6.07, 6.45) is -1.17. The summed E-state index contributed by atoms with van der Waals surface area (Å²) in [5, 5.41) is 2.10. The molecule has 4 nitrogen and oxygen atoms in total. The Kier molecular flexibility index (Phi) is 7.15. The number of para-hydroxylation sites is 1. The summed E-state index contributed by atoms with van der Waals surface area (Å²) in [7, 11) is 0. The molecule has 0 aliphatic rings. The number of carbonyl (C=O) groups is 2. The van der Waals surface area contributed by atoms with Gasteiger partial charge in [0.15, 0.2) is 6.10 Å². The molecule has 0 saturated carbocycles. The van der Waals surface area contributed by atoms with Crippen molar-refractivity contribution in [3.63, 3.8) is 0 Å². The van der Waals surface area contributed by atoms with Crippen LogP contribution >= 0.6 is 11.8 Å². The molecule has 0 aliphatic heterocycles. The number of carbonyl (C=O) groups excluding carboxylic acids is 2. The van der Waals surface area contributed by atoms with Gasteiger partial charge in [0.2, 0.25) is 0 Å². The molecule has 0 spiro atoms. The minimum atomic E-state index is -1.17. The number of amides is 1. The molecule has 0 aliphatic carbocycles. The molecule has 0 unspecified atom stereocenters. The first kappa shape index (κ1) is 19.9. The van der Waals surface area contributed by atoms with Crippen LogP contribution in [0.2, 0.25) is 0 Å². The molecule has 0 saturated heterocycles. The number of esters is 1. The van der Waals surface area contributed by atoms with E-state index in [1.807, 2.05) is 31.2 Å². The normalized spacial score (nSPS) is 11.7. The Balaban J connectivity index is 1.78. The van der Waals surface area contributed by atoms with Gasteiger partial charge in [0.1, 0.15) is 17.3 Å². The molecule has 0 heterocycles. The second-order valence-corrected chi connectivity index (χ2v) is 6.68. The predicted molar refractivity (Wildman–Crippen MR) is 97.9 cm³/mol. The van der Waals surface area contributed by atoms with Gasteiger partial charge in [-0.3, -0.25) is 9.59 Å². The fraction of sp³-hybridized carbons (Fsp3) is 0.263. The van der Waals surface area contributed by atoms with Crippen LogP contribution in [0.15, 0.2) is 42.5 Å². The zero-order chi connectivity index (χ0) is 19.1. The Labute approximate surface area is 154 Å². The minimum Gasteiger partial charge on any atom is -0.452 e. The average Bonchev–Trinajstić information content (AvgIpc) is 2.59. The SMILES string of the molecule is Cc1ccc(CSCC(=O)O[C@@H](C)C(=O)Nc2c(F)cccc2F)cc1. The summed E-state index contributed by atoms with van der Waals surface area (Å²) in [4.78, 5) is 23.8. The molecule has 0 radical (unpaired) electrons. The first-order valence-electron chi connectivity index (χ1n) is 7.94. The number of ether oxygens (including phenoxy) is 1. The fourth-order valence-electron chi connectivity index (χ4n) is 2.06. The van der Waals surface area contributed by atoms with Gasteiger partial charge in [-0.25, -0.2) is 8.78 Å². The maximum Gasteiger partial charge on any atom is 0.316 e. The van der Waals surface area contributed by atoms with Crippen molar-refractivity contribution in [2.45, 2.75) is 25.7 Å². The Hall–Kier alpha value is -2.41. The standard InChI is InChI=1S/C19H19F2NO3S/c1-12-6-8-14(9-7-12)10-26-11-17(23)25-13(2)19(24)22-18-15(20)4-3-5-16(18)21/h3-9,13H,10-11H2,1-2H3,(H,22,24)/t13-/m0/s1. The Bertz CT molecular complexity index is 761. The zero-order valence-corrected chi connectivity index (χ0v) is 15.2. The van der Waals surface area contributed by atoms with Crippen molar-refractivity contribution >= 4 is 29.3 Å². The van der Waals surface area contributed by atoms with Gasteiger partial charge in [0.25, 0.3) is 5.91 Å². The Morgan fingerprint density at radius 1 is 1.12 bits per heavy atom. The van der Waals surface area contributed by atoms with Crippen molar-refractivity contribution in [3.8, 4) is 0 Å². The summed E-state index contributed by atoms with van der Waals surface area (Å²) < 4.78 is 32.1. The van der Waals surface area contributed by atoms with Crippen LogP contribution in [0.4, 0.5) is 14.5 Å². The number of halogens is 2. The molecule has 0 bridgehead atoms. The van der Waals surface area contributed by atoms with Crippen LogP contribution in [-0.4, -0.2) is 23.7 Å². The Morgan fingerprint density at radius 2 is 1.73 bits per heavy atom. The van der Waals surface area contributed by atoms with Crippen molar-refractivity contribution in [1.82, 2.24) is 0 Å². The lowest BCUT2D eigenvalue weighted by Crippen LogP contribution is -2.31. The van der Waals surface area contributed by atoms with Crippen molar-refractivity contribution in [3.05, 3.63) is 65.2 Å². The van der Waals surface area contributed by atoms with E-state index >= 15 is 0 Å². The topological polar surface area (TPSA) is 55.4 Å². The third kappa shape index (κ3) is 5.84. The lowest BCUT2D eigenvalue weighted by atomic mass is 10.2. The first-order valence-corrected chi connectivity index (χ1v) is 9.10. The number of aryl methyl sites for hydroxylation is 1. The van der Waals surface area contributed by atoms with E-state index in [-0.39, 0.29) is 5.75 Å². The lowest BCUT2D eigenvalue weighted by molar-refractivity contribution is -0.150. The molecule has 2 aromatic rings. The smallest absolute Gasteiger partial charge is 0.316 e. The van der Waals surface area contributed by atoms with E-state index in [1.54, 1.807) is 0 Å². The van der Waals surface area contributed by atoms with E-state index in [9.17, 15) is 18.4 Å². The highest BCUT2D eigenvalue weighted by molar-refractivity contribution is 7.99. The number of anilines is 1. The second kappa shape index (κ2) is 9.33. The summed E-state index contributed by atoms with van der Waals surface area (Å²) >= 11 is 1.36. The molecule has 138 valence electrons. The molecule has 1 amide bonds. The largest absolute Gasteiger partial charge is 0.452 e. The zero-order valence-electron chi connectivity index (χ0n) is 14.4. The fourth-order valence-corrected chi connectivity index (χ4v) is 2.83. The van der Waals surface area contributed by atoms with Crippen molar-refractivity contribution in [1.29, 1.82) is 0 Å². The van der Waals surface area contributed by atoms with Gasteiger partial charge >= 0.3 is 5.97 Å². The molecular weight excluding hydrogens is 360 g/mol. The maximum absolute atomic E-state index is 13.5. The van der Waals surface area contributed by atoms with Crippen LogP contribution < -0.4 is 5.32 Å². The highest BCUT2D eigenvalue weighted by atomic mass is 32.2. The van der Waals surface area contributed by atoms with Crippen LogP contribution in [0.5, 0.6) is 0 Å². The van der Waals surface area contributed by atoms with Crippen molar-refractivity contribution in [2.24, 2.45) is 0 Å². The van der Waals surface area contributed by atoms with Crippen LogP contribution in [0.3, 0.4) is 0 Å². The predicted octanol–water partition coefficient (Wildman–Crippen LogP) is 4.08. The summed E-state index contributed by atoms with van der Waals surface area (Å²) in [5.41, 5.74) is 1.67. The molecule has 0 fully saturated rings. The number of thioether (sulfide) groups is 1. The monoisotopic (exact) mass is 379 g/mol. The van der Waals surface area contributed by atoms with E-state index in [2.05, 4.69) is 5.32 Å². The second-order valence-electron chi connectivity index (χ2n) is 5.70. The van der Waals surface area contributed by atoms with Crippen LogP contribution in [0.25, 0.3) is 0 Å². The summed E-state index contributed by atoms with van der Waals surface area (Å²) in [6, 6.07) is 11.2. The van der Waals surface area contributed by atoms with Crippen LogP contribution in [-0.2, 0) is 20.1 Å². The van der Waals surface area contributed by atoms with E-state index in [0.29, 0.717) is 5.75 Å². The highest BCUT2D eigenvalue weighted by Gasteiger charge is 2.20. The van der Waals surface area contributed by atoms with Crippen LogP contribution in [0.1, 0.15) is 18.1 Å². The number of benzene rings is 2. The van der Waals surface area contributed by atoms with Crippen LogP contribution in [0, 0.1) is 18.6 Å². The lowest BCUT2D eigenvalue weighted by Gasteiger charge is -2.14. The quantitative estimate of drug-likeness (QED) is 0.737. The number of hydrogen-bond acceptors (Lipinski definition) is 4. The molecular formula is C19H19F2NO3S. The Morgan fingerprint density at radius 3 is 2.35 bits per heavy atom. The van der Waals surface area contributed by atoms with Crippen molar-refractivity contribution < 1.29 is 23.1 Å². The summed E-state index contributed by atoms with van der Waals surface area (Å²) in [6.45, 7) is 3.34. The third-order valence-electron chi connectivity index (χ3n) is 3.50. The highest BCUT2D eigenvalue weighted by Crippen LogP contribution is 2.18. The van der Waals surface area contributed by atoms with Gasteiger partial charge in [-0.2, -0.15) is 0 Å². The van der Waals surface area contributed by atoms with Gasteiger partial charge in [-0.05, 0) is 31.5 Å². The van der Waals surface area contributed by atoms with E-state index < -0.39 is 35.3 Å².